The topological polar surface area (TPSA) is 58.6 Å². The number of ether oxygens (including phenoxy) is 1. The van der Waals surface area contributed by atoms with Crippen LogP contribution in [0.4, 0.5) is 4.79 Å². The zero-order chi connectivity index (χ0) is 17.3. The van der Waals surface area contributed by atoms with Crippen LogP contribution in [0.5, 0.6) is 5.75 Å². The molecule has 1 saturated heterocycles. The van der Waals surface area contributed by atoms with Gasteiger partial charge in [-0.25, -0.2) is 4.79 Å². The molecular weight excluding hydrogens is 351 g/mol. The van der Waals surface area contributed by atoms with Gasteiger partial charge in [-0.05, 0) is 31.1 Å². The van der Waals surface area contributed by atoms with Crippen molar-refractivity contribution in [1.82, 2.24) is 10.2 Å². The average Bonchev–Trinajstić information content (AvgIpc) is 2.82. The van der Waals surface area contributed by atoms with Crippen molar-refractivity contribution in [1.29, 1.82) is 0 Å². The number of nitrogens with zero attached hydrogens (tertiary/aromatic N) is 1. The number of hydrogen-bond acceptors (Lipinski definition) is 3. The first kappa shape index (κ1) is 17.1. The third kappa shape index (κ3) is 3.23. The molecule has 2 aliphatic rings. The Balaban J connectivity index is 1.92. The number of methoxy groups -OCH3 is 1. The summed E-state index contributed by atoms with van der Waals surface area (Å²) in [6.45, 7) is 0. The van der Waals surface area contributed by atoms with Crippen LogP contribution >= 0.6 is 23.2 Å². The van der Waals surface area contributed by atoms with Crippen LogP contribution < -0.4 is 10.1 Å². The molecule has 0 unspecified atom stereocenters. The molecule has 7 heteroatoms. The van der Waals surface area contributed by atoms with Gasteiger partial charge in [0.05, 0.1) is 12.1 Å². The number of carbonyl (C=O) groups excluding carboxylic acids is 2. The maximum atomic E-state index is 12.7. The number of imide groups is 1. The summed E-state index contributed by atoms with van der Waals surface area (Å²) in [5.74, 6) is 0.0942. The van der Waals surface area contributed by atoms with Gasteiger partial charge in [-0.1, -0.05) is 42.5 Å². The number of nitrogens with one attached hydrogen (secondary N) is 1. The van der Waals surface area contributed by atoms with Gasteiger partial charge in [-0.3, -0.25) is 9.69 Å². The van der Waals surface area contributed by atoms with E-state index in [1.54, 1.807) is 18.2 Å². The van der Waals surface area contributed by atoms with Gasteiger partial charge >= 0.3 is 6.03 Å². The highest BCUT2D eigenvalue weighted by atomic mass is 35.5. The zero-order valence-corrected chi connectivity index (χ0v) is 14.8. The van der Waals surface area contributed by atoms with Crippen LogP contribution in [0, 0.1) is 0 Å². The van der Waals surface area contributed by atoms with Crippen LogP contribution in [0.2, 0.25) is 10.0 Å². The van der Waals surface area contributed by atoms with E-state index in [1.807, 2.05) is 0 Å². The number of hydrogen-bond donors (Lipinski definition) is 1. The van der Waals surface area contributed by atoms with Gasteiger partial charge in [-0.2, -0.15) is 0 Å². The minimum atomic E-state index is -0.370. The molecule has 1 aliphatic heterocycles. The van der Waals surface area contributed by atoms with Crippen LogP contribution in [-0.4, -0.2) is 30.0 Å². The van der Waals surface area contributed by atoms with Crippen molar-refractivity contribution in [2.24, 2.45) is 0 Å². The highest BCUT2D eigenvalue weighted by Crippen LogP contribution is 2.34. The lowest BCUT2D eigenvalue weighted by atomic mass is 9.94. The molecule has 2 fully saturated rings. The third-order valence-corrected chi connectivity index (χ3v) is 4.89. The molecular formula is C17H18Cl2N2O3. The van der Waals surface area contributed by atoms with Crippen molar-refractivity contribution in [3.63, 3.8) is 0 Å². The predicted molar refractivity (Wildman–Crippen MR) is 93.2 cm³/mol. The van der Waals surface area contributed by atoms with Crippen molar-refractivity contribution in [2.45, 2.75) is 38.1 Å². The fraction of sp³-hybridized carbons (Fsp3) is 0.412. The third-order valence-electron chi connectivity index (χ3n) is 4.39. The van der Waals surface area contributed by atoms with Crippen LogP contribution in [0.1, 0.15) is 37.7 Å². The minimum absolute atomic E-state index is 0.0259. The maximum Gasteiger partial charge on any atom is 0.329 e. The fourth-order valence-corrected chi connectivity index (χ4v) is 3.86. The van der Waals surface area contributed by atoms with E-state index >= 15 is 0 Å². The first-order valence-electron chi connectivity index (χ1n) is 7.90. The number of amides is 3. The normalized spacial score (nSPS) is 20.6. The summed E-state index contributed by atoms with van der Waals surface area (Å²) in [5, 5.41) is 3.42. The zero-order valence-electron chi connectivity index (χ0n) is 13.3. The Morgan fingerprint density at radius 2 is 1.92 bits per heavy atom. The average molecular weight is 369 g/mol. The largest absolute Gasteiger partial charge is 0.495 e. The van der Waals surface area contributed by atoms with Crippen molar-refractivity contribution in [2.75, 3.05) is 7.11 Å². The minimum Gasteiger partial charge on any atom is -0.495 e. The van der Waals surface area contributed by atoms with E-state index in [0.717, 1.165) is 32.1 Å². The standard InChI is InChI=1S/C17H18Cl2N2O3/c1-24-15-10(7-11(18)9-13(15)19)8-14-16(22)21(17(23)20-14)12-5-3-2-4-6-12/h7-9,12H,2-6H2,1H3,(H,20,23)/b14-8-. The smallest absolute Gasteiger partial charge is 0.329 e. The second-order valence-electron chi connectivity index (χ2n) is 5.97. The molecule has 0 spiro atoms. The molecule has 1 heterocycles. The molecule has 0 atom stereocenters. The summed E-state index contributed by atoms with van der Waals surface area (Å²) in [5.41, 5.74) is 0.756. The van der Waals surface area contributed by atoms with Crippen LogP contribution in [0.3, 0.4) is 0 Å². The lowest BCUT2D eigenvalue weighted by Gasteiger charge is -2.28. The maximum absolute atomic E-state index is 12.7. The SMILES string of the molecule is COc1c(Cl)cc(Cl)cc1/C=C1\NC(=O)N(C2CCCCC2)C1=O. The van der Waals surface area contributed by atoms with Crippen LogP contribution in [-0.2, 0) is 4.79 Å². The predicted octanol–water partition coefficient (Wildman–Crippen LogP) is 4.23. The van der Waals surface area contributed by atoms with Crippen molar-refractivity contribution < 1.29 is 14.3 Å². The number of benzene rings is 1. The van der Waals surface area contributed by atoms with E-state index in [1.165, 1.54) is 12.0 Å². The molecule has 1 N–H and O–H groups in total. The van der Waals surface area contributed by atoms with Crippen molar-refractivity contribution in [3.05, 3.63) is 33.4 Å². The molecule has 0 bridgehead atoms. The molecule has 0 radical (unpaired) electrons. The summed E-state index contributed by atoms with van der Waals surface area (Å²) in [4.78, 5) is 26.2. The fourth-order valence-electron chi connectivity index (χ4n) is 3.28. The summed E-state index contributed by atoms with van der Waals surface area (Å²) < 4.78 is 5.27. The number of carbonyl (C=O) groups is 2. The Morgan fingerprint density at radius 1 is 1.21 bits per heavy atom. The summed E-state index contributed by atoms with van der Waals surface area (Å²) in [6.07, 6.45) is 6.51. The van der Waals surface area contributed by atoms with E-state index < -0.39 is 0 Å². The molecule has 128 valence electrons. The first-order valence-corrected chi connectivity index (χ1v) is 8.66. The summed E-state index contributed by atoms with van der Waals surface area (Å²) >= 11 is 12.1. The van der Waals surface area contributed by atoms with Gasteiger partial charge in [0.25, 0.3) is 5.91 Å². The first-order chi connectivity index (χ1) is 11.5. The Hall–Kier alpha value is -1.72. The van der Waals surface area contributed by atoms with Gasteiger partial charge in [0.1, 0.15) is 11.4 Å². The number of halogens is 2. The van der Waals surface area contributed by atoms with Crippen LogP contribution in [0.15, 0.2) is 17.8 Å². The Morgan fingerprint density at radius 3 is 2.58 bits per heavy atom. The molecule has 3 rings (SSSR count). The Kier molecular flexibility index (Phi) is 5.01. The number of urea groups is 1. The van der Waals surface area contributed by atoms with Crippen molar-refractivity contribution in [3.8, 4) is 5.75 Å². The number of rotatable bonds is 3. The van der Waals surface area contributed by atoms with E-state index in [4.69, 9.17) is 27.9 Å². The Labute approximate surface area is 150 Å². The van der Waals surface area contributed by atoms with Crippen molar-refractivity contribution >= 4 is 41.2 Å². The van der Waals surface area contributed by atoms with Gasteiger partial charge < -0.3 is 10.1 Å². The monoisotopic (exact) mass is 368 g/mol. The molecule has 1 aliphatic carbocycles. The second-order valence-corrected chi connectivity index (χ2v) is 6.81. The highest BCUT2D eigenvalue weighted by Gasteiger charge is 2.39. The molecule has 1 saturated carbocycles. The summed E-state index contributed by atoms with van der Waals surface area (Å²) in [7, 11) is 1.49. The van der Waals surface area contributed by atoms with Crippen LogP contribution in [0.25, 0.3) is 6.08 Å². The van der Waals surface area contributed by atoms with Gasteiger partial charge in [0.15, 0.2) is 0 Å². The molecule has 1 aromatic carbocycles. The van der Waals surface area contributed by atoms with E-state index in [-0.39, 0.29) is 23.7 Å². The summed E-state index contributed by atoms with van der Waals surface area (Å²) in [6, 6.07) is 2.81. The molecule has 24 heavy (non-hydrogen) atoms. The van der Waals surface area contributed by atoms with Gasteiger partial charge in [0.2, 0.25) is 0 Å². The molecule has 5 nitrogen and oxygen atoms in total. The highest BCUT2D eigenvalue weighted by molar-refractivity contribution is 6.36. The quantitative estimate of drug-likeness (QED) is 0.641. The van der Waals surface area contributed by atoms with E-state index in [9.17, 15) is 9.59 Å². The van der Waals surface area contributed by atoms with E-state index in [2.05, 4.69) is 5.32 Å². The molecule has 1 aromatic rings. The Bertz CT molecular complexity index is 712. The molecule has 0 aromatic heterocycles. The lowest BCUT2D eigenvalue weighted by molar-refractivity contribution is -0.124. The second kappa shape index (κ2) is 7.03. The van der Waals surface area contributed by atoms with Gasteiger partial charge in [-0.15, -0.1) is 0 Å². The van der Waals surface area contributed by atoms with E-state index in [0.29, 0.717) is 21.4 Å². The molecule has 3 amide bonds. The van der Waals surface area contributed by atoms with Gasteiger partial charge in [0, 0.05) is 16.6 Å². The lowest BCUT2D eigenvalue weighted by Crippen LogP contribution is -2.41.